The summed E-state index contributed by atoms with van der Waals surface area (Å²) in [5.41, 5.74) is 0. The minimum atomic E-state index is -1.25. The molecule has 0 aromatic carbocycles. The summed E-state index contributed by atoms with van der Waals surface area (Å²) in [5.74, 6) is -5.83. The highest BCUT2D eigenvalue weighted by Gasteiger charge is 2.53. The normalized spacial score (nSPS) is 20.8. The Kier molecular flexibility index (Phi) is 64.0. The maximum absolute atomic E-state index is 13.0. The molecular weight excluding hydrogens is 1590 g/mol. The van der Waals surface area contributed by atoms with Crippen molar-refractivity contribution in [2.45, 2.75) is 361 Å². The predicted molar refractivity (Wildman–Crippen MR) is 464 cm³/mol. The van der Waals surface area contributed by atoms with E-state index in [1.54, 1.807) is 0 Å². The predicted octanol–water partition coefficient (Wildman–Crippen LogP) is 12.6. The van der Waals surface area contributed by atoms with Crippen molar-refractivity contribution in [3.05, 3.63) is 48.6 Å². The molecule has 3 fully saturated rings. The lowest BCUT2D eigenvalue weighted by molar-refractivity contribution is -0.279. The Morgan fingerprint density at radius 3 is 1.09 bits per heavy atom. The molecule has 0 aliphatic carbocycles. The molecule has 3 saturated heterocycles. The lowest BCUT2D eigenvalue weighted by atomic mass is 9.96. The summed E-state index contributed by atoms with van der Waals surface area (Å²) in [6.07, 6.45) is 44.7. The van der Waals surface area contributed by atoms with Crippen molar-refractivity contribution in [1.82, 2.24) is 26.2 Å². The van der Waals surface area contributed by atoms with Crippen molar-refractivity contribution < 1.29 is 124 Å². The fourth-order valence-corrected chi connectivity index (χ4v) is 14.7. The summed E-state index contributed by atoms with van der Waals surface area (Å²) in [7, 11) is 0. The summed E-state index contributed by atoms with van der Waals surface area (Å²) in [6.45, 7) is 18.4. The first-order valence-corrected chi connectivity index (χ1v) is 46.0. The van der Waals surface area contributed by atoms with Gasteiger partial charge in [0.15, 0.2) is 42.8 Å². The molecule has 0 aromatic rings. The van der Waals surface area contributed by atoms with E-state index in [4.69, 9.17) is 75.8 Å². The maximum Gasteiger partial charge on any atom is 0.303 e. The van der Waals surface area contributed by atoms with Crippen LogP contribution < -0.4 is 21.3 Å². The Balaban J connectivity index is 1.54. The standard InChI is InChI=1S/C92H157N5O26/c1-11-13-15-17-19-21-23-25-27-29-31-33-35-37-39-45-51-92(52-46-40-38-36-34-32-30-28-26-24-22-20-18-16-14-12-2)116-68-79(123-92)67-97(55-47-41-43-49-82(106)93-53-57-108-59-61-110-63-65-112-90-84(95-71(3)98)88(119-77(9)104)86(117-75(7)102)80(121-90)69-114-73(5)100)56-48-42-44-50-83(107)94-54-58-109-60-62-111-64-66-113-91-85(96-72(4)99)89(120-78(10)105)87(118-76(8)103)81(122-91)70-115-74(6)101/h19-22,25-28,79-81,84-91H,11-18,23-24,29-70H2,1-10H3,(H,93,106)(H,94,107)(H,95,98)(H,96,99)/b21-19-,22-20-,27-25-,28-26-/t79-,80?,81?,84-,85-,86-,87-,88?,89?,90+,91+/m0/s1. The van der Waals surface area contributed by atoms with Gasteiger partial charge in [-0.3, -0.25) is 47.9 Å². The summed E-state index contributed by atoms with van der Waals surface area (Å²) in [4.78, 5) is 125. The molecule has 706 valence electrons. The molecule has 4 amide bonds. The van der Waals surface area contributed by atoms with Gasteiger partial charge < -0.3 is 102 Å². The molecule has 3 aliphatic heterocycles. The third-order valence-electron chi connectivity index (χ3n) is 20.7. The van der Waals surface area contributed by atoms with Crippen molar-refractivity contribution in [3.8, 4) is 0 Å². The summed E-state index contributed by atoms with van der Waals surface area (Å²) in [6, 6.07) is -2.21. The van der Waals surface area contributed by atoms with Crippen LogP contribution >= 0.6 is 0 Å². The Morgan fingerprint density at radius 2 is 0.724 bits per heavy atom. The lowest BCUT2D eigenvalue weighted by Crippen LogP contribution is -2.66. The second-order valence-electron chi connectivity index (χ2n) is 31.9. The molecule has 0 radical (unpaired) electrons. The van der Waals surface area contributed by atoms with Crippen molar-refractivity contribution in [2.75, 3.05) is 119 Å². The first-order chi connectivity index (χ1) is 59.5. The zero-order chi connectivity index (χ0) is 89.8. The number of carbonyl (C=O) groups is 10. The highest BCUT2D eigenvalue weighted by Crippen LogP contribution is 2.36. The zero-order valence-electron chi connectivity index (χ0n) is 76.3. The number of amides is 4. The van der Waals surface area contributed by atoms with E-state index in [1.807, 2.05) is 0 Å². The van der Waals surface area contributed by atoms with Gasteiger partial charge in [0.25, 0.3) is 0 Å². The Morgan fingerprint density at radius 1 is 0.382 bits per heavy atom. The van der Waals surface area contributed by atoms with Gasteiger partial charge in [-0.05, 0) is 116 Å². The monoisotopic (exact) mass is 1750 g/mol. The fraction of sp³-hybridized carbons (Fsp3) is 0.804. The summed E-state index contributed by atoms with van der Waals surface area (Å²) >= 11 is 0. The molecular formula is C92H157N5O26. The van der Waals surface area contributed by atoms with Crippen molar-refractivity contribution >= 4 is 59.4 Å². The Labute approximate surface area is 734 Å². The van der Waals surface area contributed by atoms with E-state index in [-0.39, 0.29) is 97.2 Å². The summed E-state index contributed by atoms with van der Waals surface area (Å²) in [5, 5.41) is 11.2. The van der Waals surface area contributed by atoms with Gasteiger partial charge in [0, 0.05) is 101 Å². The van der Waals surface area contributed by atoms with E-state index >= 15 is 0 Å². The van der Waals surface area contributed by atoms with Crippen molar-refractivity contribution in [1.29, 1.82) is 0 Å². The first-order valence-electron chi connectivity index (χ1n) is 46.0. The van der Waals surface area contributed by atoms with E-state index < -0.39 is 115 Å². The van der Waals surface area contributed by atoms with E-state index in [0.717, 1.165) is 137 Å². The van der Waals surface area contributed by atoms with Crippen LogP contribution in [0.2, 0.25) is 0 Å². The van der Waals surface area contributed by atoms with Crippen LogP contribution in [0.5, 0.6) is 0 Å². The molecule has 0 saturated carbocycles. The van der Waals surface area contributed by atoms with Crippen LogP contribution in [0.15, 0.2) is 48.6 Å². The molecule has 3 rings (SSSR count). The highest BCUT2D eigenvalue weighted by atomic mass is 16.8. The van der Waals surface area contributed by atoms with Crippen molar-refractivity contribution in [2.24, 2.45) is 0 Å². The molecule has 0 spiro atoms. The van der Waals surface area contributed by atoms with Crippen LogP contribution in [0.25, 0.3) is 0 Å². The second-order valence-corrected chi connectivity index (χ2v) is 31.9. The van der Waals surface area contributed by atoms with Crippen LogP contribution in [0.1, 0.15) is 288 Å². The number of unbranched alkanes of at least 4 members (excludes halogenated alkanes) is 22. The molecule has 31 nitrogen and oxygen atoms in total. The second kappa shape index (κ2) is 71.3. The van der Waals surface area contributed by atoms with E-state index in [9.17, 15) is 47.9 Å². The molecule has 0 aromatic heterocycles. The third kappa shape index (κ3) is 56.1. The van der Waals surface area contributed by atoms with Crippen LogP contribution in [0.3, 0.4) is 0 Å². The third-order valence-corrected chi connectivity index (χ3v) is 20.7. The molecule has 123 heavy (non-hydrogen) atoms. The first kappa shape index (κ1) is 110. The van der Waals surface area contributed by atoms with Gasteiger partial charge in [0.05, 0.1) is 78.8 Å². The van der Waals surface area contributed by atoms with Crippen molar-refractivity contribution in [3.63, 3.8) is 0 Å². The zero-order valence-corrected chi connectivity index (χ0v) is 76.3. The molecule has 4 unspecified atom stereocenters. The molecule has 3 heterocycles. The van der Waals surface area contributed by atoms with Crippen LogP contribution in [0.4, 0.5) is 0 Å². The average Bonchev–Trinajstić information content (AvgIpc) is 1.71. The Hall–Kier alpha value is -6.78. The molecule has 11 atom stereocenters. The quantitative estimate of drug-likeness (QED) is 0.0190. The van der Waals surface area contributed by atoms with Gasteiger partial charge in [0.2, 0.25) is 23.6 Å². The summed E-state index contributed by atoms with van der Waals surface area (Å²) < 4.78 is 93.1. The van der Waals surface area contributed by atoms with E-state index in [2.05, 4.69) is 88.6 Å². The lowest BCUT2D eigenvalue weighted by Gasteiger charge is -2.44. The number of carbonyl (C=O) groups excluding carboxylic acids is 10. The van der Waals surface area contributed by atoms with Gasteiger partial charge in [-0.25, -0.2) is 0 Å². The minimum Gasteiger partial charge on any atom is -0.463 e. The number of esters is 6. The molecule has 4 N–H and O–H groups in total. The number of hydrogen-bond donors (Lipinski definition) is 4. The smallest absolute Gasteiger partial charge is 0.303 e. The fourth-order valence-electron chi connectivity index (χ4n) is 14.7. The number of allylic oxidation sites excluding steroid dienone is 8. The van der Waals surface area contributed by atoms with E-state index in [1.165, 1.54) is 130 Å². The number of nitrogens with zero attached hydrogens (tertiary/aromatic N) is 1. The van der Waals surface area contributed by atoms with Crippen LogP contribution in [0, 0.1) is 0 Å². The minimum absolute atomic E-state index is 0.0295. The van der Waals surface area contributed by atoms with Gasteiger partial charge in [-0.15, -0.1) is 0 Å². The Bertz CT molecular complexity index is 2830. The number of rotatable bonds is 74. The molecule has 3 aliphatic rings. The van der Waals surface area contributed by atoms with Gasteiger partial charge in [-0.2, -0.15) is 0 Å². The SMILES string of the molecule is CCCCC/C=C\C/C=C\CCCCCCCCC1(CCCCCCCC/C=C\C/C=C\CCCCC)OC[C@H](CN(CCCCCC(=O)NCCOCCOCCO[C@@H]2OC(COC(C)=O)[C@H](OC(C)=O)C(OC(C)=O)[C@@H]2NC(C)=O)CCCCCC(=O)NCCOCCOCCO[C@@H]2OC(COC(C)=O)[C@H](OC(C)=O)C(OC(C)=O)[C@@H]2NC(C)=O)O1. The maximum atomic E-state index is 13.0. The van der Waals surface area contributed by atoms with Crippen LogP contribution in [-0.4, -0.2) is 256 Å². The number of hydrogen-bond acceptors (Lipinski definition) is 27. The number of ether oxygens (including phenoxy) is 16. The number of nitrogens with one attached hydrogen (secondary N) is 4. The van der Waals surface area contributed by atoms with Gasteiger partial charge in [-0.1, -0.05) is 152 Å². The largest absolute Gasteiger partial charge is 0.463 e. The van der Waals surface area contributed by atoms with Gasteiger partial charge >= 0.3 is 35.8 Å². The van der Waals surface area contributed by atoms with Crippen LogP contribution in [-0.2, 0) is 124 Å². The average molecular weight is 1750 g/mol. The molecule has 31 heteroatoms. The van der Waals surface area contributed by atoms with Gasteiger partial charge in [0.1, 0.15) is 37.5 Å². The topological polar surface area (TPSA) is 370 Å². The highest BCUT2D eigenvalue weighted by molar-refractivity contribution is 5.76. The molecule has 0 bridgehead atoms. The van der Waals surface area contributed by atoms with E-state index in [0.29, 0.717) is 45.4 Å².